The molecular formula is C21H38N2O5. The molecule has 1 amide bonds. The van der Waals surface area contributed by atoms with Crippen molar-refractivity contribution < 1.29 is 23.9 Å². The van der Waals surface area contributed by atoms with Gasteiger partial charge in [-0.25, -0.2) is 4.79 Å². The van der Waals surface area contributed by atoms with Gasteiger partial charge in [-0.3, -0.25) is 9.59 Å². The first-order chi connectivity index (χ1) is 13.5. The molecule has 0 aromatic rings. The van der Waals surface area contributed by atoms with Crippen molar-refractivity contribution in [2.75, 3.05) is 33.3 Å². The Morgan fingerprint density at radius 1 is 1.14 bits per heavy atom. The van der Waals surface area contributed by atoms with Crippen LogP contribution in [0, 0.1) is 5.92 Å². The average molecular weight is 399 g/mol. The van der Waals surface area contributed by atoms with Gasteiger partial charge in [-0.05, 0) is 51.1 Å². The number of cyclic esters (lactones) is 1. The van der Waals surface area contributed by atoms with Crippen LogP contribution in [-0.4, -0.2) is 62.1 Å². The summed E-state index contributed by atoms with van der Waals surface area (Å²) in [6.07, 6.45) is 6.77. The number of hydrogen-bond donors (Lipinski definition) is 1. The number of Topliss-reactive ketones (excluding diaryl/α,β-unsaturated/α-hetero) is 1. The maximum atomic E-state index is 12.2. The molecule has 0 radical (unpaired) electrons. The van der Waals surface area contributed by atoms with Gasteiger partial charge in [-0.1, -0.05) is 26.7 Å². The van der Waals surface area contributed by atoms with Gasteiger partial charge in [0.05, 0.1) is 13.7 Å². The summed E-state index contributed by atoms with van der Waals surface area (Å²) in [5.41, 5.74) is 0. The van der Waals surface area contributed by atoms with Crippen molar-refractivity contribution in [2.24, 2.45) is 5.92 Å². The predicted molar refractivity (Wildman–Crippen MR) is 108 cm³/mol. The van der Waals surface area contributed by atoms with Crippen LogP contribution >= 0.6 is 0 Å². The van der Waals surface area contributed by atoms with Gasteiger partial charge in [0.15, 0.2) is 5.78 Å². The number of hydrogen-bond acceptors (Lipinski definition) is 6. The number of carbonyl (C=O) groups is 3. The molecule has 0 spiro atoms. The first-order valence-electron chi connectivity index (χ1n) is 10.7. The van der Waals surface area contributed by atoms with Crippen LogP contribution in [0.3, 0.4) is 0 Å². The molecule has 7 heteroatoms. The first-order valence-corrected chi connectivity index (χ1v) is 10.7. The zero-order valence-electron chi connectivity index (χ0n) is 17.8. The van der Waals surface area contributed by atoms with Crippen molar-refractivity contribution in [3.8, 4) is 0 Å². The van der Waals surface area contributed by atoms with Gasteiger partial charge in [0.25, 0.3) is 0 Å². The lowest BCUT2D eigenvalue weighted by Gasteiger charge is -2.25. The van der Waals surface area contributed by atoms with E-state index in [1.807, 2.05) is 0 Å². The molecule has 1 fully saturated rings. The quantitative estimate of drug-likeness (QED) is 0.568. The number of amides is 1. The normalized spacial score (nSPS) is 21.1. The second kappa shape index (κ2) is 14.4. The molecule has 1 heterocycles. The molecule has 28 heavy (non-hydrogen) atoms. The molecule has 0 aromatic heterocycles. The molecule has 7 nitrogen and oxygen atoms in total. The standard InChI is InChI=1S/C21H38N2O5/c1-4-23(5-2)15-14-19-9-7-6-8-17(11-13-20(25)28-19)10-12-18(24)16-22-21(26)27-3/h17,19H,4-16H2,1-3H3,(H,22,26)/t17?,19-/m1/s1. The summed E-state index contributed by atoms with van der Waals surface area (Å²) in [6, 6.07) is 0. The highest BCUT2D eigenvalue weighted by Crippen LogP contribution is 2.24. The van der Waals surface area contributed by atoms with E-state index in [0.717, 1.165) is 64.6 Å². The molecule has 1 aliphatic rings. The summed E-state index contributed by atoms with van der Waals surface area (Å²) in [5.74, 6) is 0.221. The van der Waals surface area contributed by atoms with E-state index in [9.17, 15) is 14.4 Å². The lowest BCUT2D eigenvalue weighted by Crippen LogP contribution is -2.30. The fourth-order valence-electron chi connectivity index (χ4n) is 3.63. The third kappa shape index (κ3) is 10.6. The zero-order chi connectivity index (χ0) is 20.8. The van der Waals surface area contributed by atoms with E-state index in [-0.39, 0.29) is 24.4 Å². The lowest BCUT2D eigenvalue weighted by atomic mass is 9.90. The molecule has 0 aliphatic carbocycles. The summed E-state index contributed by atoms with van der Waals surface area (Å²) < 4.78 is 10.2. The minimum atomic E-state index is -0.592. The Labute approximate surface area is 169 Å². The van der Waals surface area contributed by atoms with E-state index in [1.54, 1.807) is 0 Å². The highest BCUT2D eigenvalue weighted by Gasteiger charge is 2.20. The van der Waals surface area contributed by atoms with Gasteiger partial charge in [-0.2, -0.15) is 0 Å². The van der Waals surface area contributed by atoms with Crippen LogP contribution in [0.15, 0.2) is 0 Å². The monoisotopic (exact) mass is 398 g/mol. The van der Waals surface area contributed by atoms with Gasteiger partial charge < -0.3 is 19.7 Å². The van der Waals surface area contributed by atoms with E-state index in [0.29, 0.717) is 18.8 Å². The molecule has 1 N–H and O–H groups in total. The highest BCUT2D eigenvalue weighted by molar-refractivity contribution is 5.83. The number of rotatable bonds is 10. The number of alkyl carbamates (subject to hydrolysis) is 1. The number of ketones is 1. The molecule has 0 saturated carbocycles. The first kappa shape index (κ1) is 24.4. The van der Waals surface area contributed by atoms with Gasteiger partial charge in [0, 0.05) is 19.4 Å². The summed E-state index contributed by atoms with van der Waals surface area (Å²) in [6.45, 7) is 7.31. The minimum Gasteiger partial charge on any atom is -0.462 e. The minimum absolute atomic E-state index is 0.00431. The smallest absolute Gasteiger partial charge is 0.407 e. The number of nitrogens with one attached hydrogen (secondary N) is 1. The van der Waals surface area contributed by atoms with E-state index in [1.165, 1.54) is 7.11 Å². The van der Waals surface area contributed by atoms with Crippen molar-refractivity contribution in [3.63, 3.8) is 0 Å². The third-order valence-corrected chi connectivity index (χ3v) is 5.55. The zero-order valence-corrected chi connectivity index (χ0v) is 17.8. The second-order valence-corrected chi connectivity index (χ2v) is 7.54. The molecule has 1 rings (SSSR count). The summed E-state index contributed by atoms with van der Waals surface area (Å²) in [5, 5.41) is 2.41. The van der Waals surface area contributed by atoms with Crippen molar-refractivity contribution >= 4 is 17.8 Å². The molecule has 1 unspecified atom stereocenters. The average Bonchev–Trinajstić information content (AvgIpc) is 2.70. The fraction of sp³-hybridized carbons (Fsp3) is 0.857. The summed E-state index contributed by atoms with van der Waals surface area (Å²) >= 11 is 0. The molecule has 0 aromatic carbocycles. The van der Waals surface area contributed by atoms with E-state index in [2.05, 4.69) is 28.8 Å². The van der Waals surface area contributed by atoms with Crippen LogP contribution in [0.2, 0.25) is 0 Å². The number of nitrogens with zero attached hydrogens (tertiary/aromatic N) is 1. The maximum Gasteiger partial charge on any atom is 0.407 e. The van der Waals surface area contributed by atoms with E-state index in [4.69, 9.17) is 4.74 Å². The van der Waals surface area contributed by atoms with Crippen LogP contribution in [0.5, 0.6) is 0 Å². The third-order valence-electron chi connectivity index (χ3n) is 5.55. The summed E-state index contributed by atoms with van der Waals surface area (Å²) in [4.78, 5) is 37.5. The number of ether oxygens (including phenoxy) is 2. The Balaban J connectivity index is 2.37. The maximum absolute atomic E-state index is 12.2. The Kier molecular flexibility index (Phi) is 12.5. The SMILES string of the molecule is CCN(CC)CC[C@H]1CCCCC(CCC(=O)CNC(=O)OC)CCC(=O)O1. The number of esters is 1. The van der Waals surface area contributed by atoms with Crippen LogP contribution in [0.4, 0.5) is 4.79 Å². The second-order valence-electron chi connectivity index (χ2n) is 7.54. The summed E-state index contributed by atoms with van der Waals surface area (Å²) in [7, 11) is 1.27. The van der Waals surface area contributed by atoms with E-state index >= 15 is 0 Å². The van der Waals surface area contributed by atoms with Crippen molar-refractivity contribution in [1.29, 1.82) is 0 Å². The Hall–Kier alpha value is -1.63. The molecule has 1 saturated heterocycles. The Morgan fingerprint density at radius 3 is 2.54 bits per heavy atom. The van der Waals surface area contributed by atoms with Crippen LogP contribution in [0.25, 0.3) is 0 Å². The van der Waals surface area contributed by atoms with Crippen molar-refractivity contribution in [3.05, 3.63) is 0 Å². The Morgan fingerprint density at radius 2 is 1.86 bits per heavy atom. The lowest BCUT2D eigenvalue weighted by molar-refractivity contribution is -0.150. The number of carbonyl (C=O) groups excluding carboxylic acids is 3. The molecule has 2 atom stereocenters. The number of methoxy groups -OCH3 is 1. The topological polar surface area (TPSA) is 84.9 Å². The van der Waals surface area contributed by atoms with Gasteiger partial charge in [0.1, 0.15) is 6.10 Å². The van der Waals surface area contributed by atoms with Gasteiger partial charge in [-0.15, -0.1) is 0 Å². The highest BCUT2D eigenvalue weighted by atomic mass is 16.5. The van der Waals surface area contributed by atoms with Crippen molar-refractivity contribution in [1.82, 2.24) is 10.2 Å². The van der Waals surface area contributed by atoms with Crippen molar-refractivity contribution in [2.45, 2.75) is 77.7 Å². The molecular weight excluding hydrogens is 360 g/mol. The molecule has 0 bridgehead atoms. The van der Waals surface area contributed by atoms with Gasteiger partial charge in [0.2, 0.25) is 0 Å². The van der Waals surface area contributed by atoms with Crippen LogP contribution < -0.4 is 5.32 Å². The molecule has 162 valence electrons. The Bertz CT molecular complexity index is 479. The predicted octanol–water partition coefficient (Wildman–Crippen LogP) is 3.31. The fourth-order valence-corrected chi connectivity index (χ4v) is 3.63. The van der Waals surface area contributed by atoms with Crippen LogP contribution in [0.1, 0.15) is 71.6 Å². The molecule has 1 aliphatic heterocycles. The van der Waals surface area contributed by atoms with E-state index < -0.39 is 6.09 Å². The largest absolute Gasteiger partial charge is 0.462 e. The van der Waals surface area contributed by atoms with Gasteiger partial charge >= 0.3 is 12.1 Å². The van der Waals surface area contributed by atoms with Crippen LogP contribution in [-0.2, 0) is 19.1 Å².